The van der Waals surface area contributed by atoms with E-state index in [9.17, 15) is 17.6 Å². The lowest BCUT2D eigenvalue weighted by molar-refractivity contribution is -0.137. The molecule has 1 aromatic rings. The Morgan fingerprint density at radius 3 is 2.60 bits per heavy atom. The third-order valence-corrected chi connectivity index (χ3v) is 3.95. The van der Waals surface area contributed by atoms with E-state index in [0.717, 1.165) is 31.5 Å². The van der Waals surface area contributed by atoms with Gasteiger partial charge in [0, 0.05) is 18.9 Å². The first-order valence-corrected chi connectivity index (χ1v) is 6.85. The van der Waals surface area contributed by atoms with Crippen LogP contribution in [-0.2, 0) is 12.6 Å². The topological polar surface area (TPSA) is 12.0 Å². The van der Waals surface area contributed by atoms with E-state index in [1.807, 2.05) is 0 Å². The molecule has 0 bridgehead atoms. The Morgan fingerprint density at radius 1 is 1.25 bits per heavy atom. The van der Waals surface area contributed by atoms with Gasteiger partial charge in [0.05, 0.1) is 5.56 Å². The predicted molar refractivity (Wildman–Crippen MR) is 70.3 cm³/mol. The average Bonchev–Trinajstić information content (AvgIpc) is 2.38. The lowest BCUT2D eigenvalue weighted by atomic mass is 9.81. The van der Waals surface area contributed by atoms with Crippen molar-refractivity contribution in [2.45, 2.75) is 38.0 Å². The minimum atomic E-state index is -4.38. The molecule has 1 aromatic carbocycles. The molecule has 1 heterocycles. The van der Waals surface area contributed by atoms with Crippen molar-refractivity contribution < 1.29 is 17.6 Å². The van der Waals surface area contributed by atoms with Crippen LogP contribution in [-0.4, -0.2) is 18.8 Å². The van der Waals surface area contributed by atoms with E-state index in [2.05, 4.69) is 5.32 Å². The van der Waals surface area contributed by atoms with Gasteiger partial charge in [-0.15, -0.1) is 0 Å². The van der Waals surface area contributed by atoms with Gasteiger partial charge in [0.25, 0.3) is 0 Å². The number of rotatable bonds is 3. The number of alkyl halides is 4. The summed E-state index contributed by atoms with van der Waals surface area (Å²) in [5.41, 5.74) is -1.81. The highest BCUT2D eigenvalue weighted by Gasteiger charge is 2.36. The predicted octanol–water partition coefficient (Wildman–Crippen LogP) is 3.98. The van der Waals surface area contributed by atoms with Gasteiger partial charge >= 0.3 is 6.18 Å². The minimum Gasteiger partial charge on any atom is -0.316 e. The smallest absolute Gasteiger partial charge is 0.316 e. The summed E-state index contributed by atoms with van der Waals surface area (Å²) in [6, 6.07) is 4.96. The van der Waals surface area contributed by atoms with Gasteiger partial charge in [-0.25, -0.2) is 4.39 Å². The van der Waals surface area contributed by atoms with Gasteiger partial charge < -0.3 is 5.32 Å². The Balaban J connectivity index is 2.12. The van der Waals surface area contributed by atoms with Crippen molar-refractivity contribution in [2.24, 2.45) is 5.92 Å². The fraction of sp³-hybridized carbons (Fsp3) is 0.600. The van der Waals surface area contributed by atoms with Crippen molar-refractivity contribution in [1.29, 1.82) is 0 Å². The average molecular weight is 289 g/mol. The molecule has 1 fully saturated rings. The zero-order valence-electron chi connectivity index (χ0n) is 11.4. The van der Waals surface area contributed by atoms with Crippen LogP contribution < -0.4 is 5.32 Å². The van der Waals surface area contributed by atoms with Crippen molar-refractivity contribution in [3.63, 3.8) is 0 Å². The fourth-order valence-corrected chi connectivity index (χ4v) is 2.77. The molecule has 2 atom stereocenters. The first-order valence-electron chi connectivity index (χ1n) is 6.85. The lowest BCUT2D eigenvalue weighted by Crippen LogP contribution is -2.42. The molecule has 20 heavy (non-hydrogen) atoms. The molecule has 1 N–H and O–H groups in total. The van der Waals surface area contributed by atoms with Crippen molar-refractivity contribution in [3.05, 3.63) is 35.4 Å². The zero-order chi connectivity index (χ0) is 14.8. The Labute approximate surface area is 116 Å². The number of nitrogens with one attached hydrogen (secondary N) is 1. The number of piperidine rings is 1. The summed E-state index contributed by atoms with van der Waals surface area (Å²) in [5, 5.41) is 3.14. The maximum absolute atomic E-state index is 14.8. The molecule has 1 aliphatic heterocycles. The summed E-state index contributed by atoms with van der Waals surface area (Å²) < 4.78 is 52.7. The molecular formula is C15H19F4N. The number of hydrogen-bond donors (Lipinski definition) is 1. The first-order chi connectivity index (χ1) is 9.29. The van der Waals surface area contributed by atoms with Gasteiger partial charge in [0.1, 0.15) is 5.67 Å². The molecule has 0 aliphatic carbocycles. The van der Waals surface area contributed by atoms with Crippen LogP contribution in [0.3, 0.4) is 0 Å². The molecule has 2 rings (SSSR count). The Hall–Kier alpha value is -1.10. The van der Waals surface area contributed by atoms with Crippen molar-refractivity contribution in [3.8, 4) is 0 Å². The van der Waals surface area contributed by atoms with Crippen molar-refractivity contribution in [2.75, 3.05) is 13.1 Å². The van der Waals surface area contributed by atoms with E-state index in [1.165, 1.54) is 13.0 Å². The summed E-state index contributed by atoms with van der Waals surface area (Å²) in [6.07, 6.45) is -2.68. The molecule has 2 unspecified atom stereocenters. The largest absolute Gasteiger partial charge is 0.416 e. The van der Waals surface area contributed by atoms with Gasteiger partial charge in [0.15, 0.2) is 0 Å². The normalized spacial score (nSPS) is 23.4. The number of halogens is 4. The second-order valence-electron chi connectivity index (χ2n) is 5.70. The van der Waals surface area contributed by atoms with Crippen LogP contribution in [0.5, 0.6) is 0 Å². The van der Waals surface area contributed by atoms with Crippen LogP contribution >= 0.6 is 0 Å². The van der Waals surface area contributed by atoms with E-state index in [-0.39, 0.29) is 12.3 Å². The van der Waals surface area contributed by atoms with Crippen LogP contribution in [0, 0.1) is 5.92 Å². The molecule has 0 radical (unpaired) electrons. The van der Waals surface area contributed by atoms with Gasteiger partial charge in [-0.3, -0.25) is 0 Å². The highest BCUT2D eigenvalue weighted by molar-refractivity contribution is 5.27. The van der Waals surface area contributed by atoms with Crippen molar-refractivity contribution >= 4 is 0 Å². The Morgan fingerprint density at radius 2 is 2.00 bits per heavy atom. The first kappa shape index (κ1) is 15.3. The van der Waals surface area contributed by atoms with E-state index in [4.69, 9.17) is 0 Å². The molecule has 0 saturated carbocycles. The fourth-order valence-electron chi connectivity index (χ4n) is 2.77. The third-order valence-electron chi connectivity index (χ3n) is 3.95. The van der Waals surface area contributed by atoms with Crippen LogP contribution in [0.4, 0.5) is 17.6 Å². The van der Waals surface area contributed by atoms with Gasteiger partial charge in [0.2, 0.25) is 0 Å². The second kappa shape index (κ2) is 5.72. The monoisotopic (exact) mass is 289 g/mol. The summed E-state index contributed by atoms with van der Waals surface area (Å²) >= 11 is 0. The summed E-state index contributed by atoms with van der Waals surface area (Å²) in [7, 11) is 0. The van der Waals surface area contributed by atoms with Crippen LogP contribution in [0.1, 0.15) is 30.9 Å². The third kappa shape index (κ3) is 3.72. The van der Waals surface area contributed by atoms with Crippen LogP contribution in [0.2, 0.25) is 0 Å². The maximum Gasteiger partial charge on any atom is 0.416 e. The molecule has 0 amide bonds. The second-order valence-corrected chi connectivity index (χ2v) is 5.70. The molecule has 1 saturated heterocycles. The highest BCUT2D eigenvalue weighted by Crippen LogP contribution is 2.34. The molecular weight excluding hydrogens is 270 g/mol. The summed E-state index contributed by atoms with van der Waals surface area (Å²) in [5.74, 6) is -0.147. The number of hydrogen-bond acceptors (Lipinski definition) is 1. The molecule has 0 spiro atoms. The van der Waals surface area contributed by atoms with Crippen molar-refractivity contribution in [1.82, 2.24) is 5.32 Å². The summed E-state index contributed by atoms with van der Waals surface area (Å²) in [6.45, 7) is 2.97. The summed E-state index contributed by atoms with van der Waals surface area (Å²) in [4.78, 5) is 0. The quantitative estimate of drug-likeness (QED) is 0.830. The van der Waals surface area contributed by atoms with Gasteiger partial charge in [-0.1, -0.05) is 18.2 Å². The molecule has 1 nitrogen and oxygen atoms in total. The Kier molecular flexibility index (Phi) is 4.37. The highest BCUT2D eigenvalue weighted by atomic mass is 19.4. The molecule has 5 heteroatoms. The maximum atomic E-state index is 14.8. The van der Waals surface area contributed by atoms with E-state index in [1.54, 1.807) is 6.07 Å². The van der Waals surface area contributed by atoms with Gasteiger partial charge in [-0.2, -0.15) is 13.2 Å². The zero-order valence-corrected chi connectivity index (χ0v) is 11.4. The van der Waals surface area contributed by atoms with E-state index < -0.39 is 17.4 Å². The molecule has 1 aliphatic rings. The minimum absolute atomic E-state index is 0.0171. The van der Waals surface area contributed by atoms with Gasteiger partial charge in [-0.05, 0) is 37.9 Å². The molecule has 112 valence electrons. The van der Waals surface area contributed by atoms with E-state index in [0.29, 0.717) is 12.1 Å². The standard InChI is InChI=1S/C15H19F4N/c1-14(16,13-6-3-7-20-10-13)9-11-4-2-5-12(8-11)15(17,18)19/h2,4-5,8,13,20H,3,6-7,9-10H2,1H3. The Bertz CT molecular complexity index is 447. The SMILES string of the molecule is CC(F)(Cc1cccc(C(F)(F)F)c1)C1CCCNC1. The van der Waals surface area contributed by atoms with Crippen LogP contribution in [0.25, 0.3) is 0 Å². The van der Waals surface area contributed by atoms with E-state index >= 15 is 0 Å². The van der Waals surface area contributed by atoms with Crippen LogP contribution in [0.15, 0.2) is 24.3 Å². The number of benzene rings is 1. The lowest BCUT2D eigenvalue weighted by Gasteiger charge is -2.34. The molecule has 0 aromatic heterocycles.